The lowest BCUT2D eigenvalue weighted by Gasteiger charge is -1.80. The fourth-order valence-corrected chi connectivity index (χ4v) is 2.59. The van der Waals surface area contributed by atoms with Crippen molar-refractivity contribution >= 4 is 32.1 Å². The molecule has 0 amide bonds. The van der Waals surface area contributed by atoms with Gasteiger partial charge in [-0.25, -0.2) is 0 Å². The lowest BCUT2D eigenvalue weighted by molar-refractivity contribution is 1.80. The molecule has 2 rings (SSSR count). The van der Waals surface area contributed by atoms with E-state index in [9.17, 15) is 4.79 Å². The Kier molecular flexibility index (Phi) is 1.32. The van der Waals surface area contributed by atoms with Crippen LogP contribution in [-0.4, -0.2) is 0 Å². The van der Waals surface area contributed by atoms with Gasteiger partial charge in [0.2, 0.25) is 0 Å². The summed E-state index contributed by atoms with van der Waals surface area (Å²) >= 11 is 3.12. The SMILES string of the molecule is O=c1ccsc2ccsc12. The monoisotopic (exact) mass is 168 g/mol. The van der Waals surface area contributed by atoms with Gasteiger partial charge in [0.15, 0.2) is 5.43 Å². The van der Waals surface area contributed by atoms with Crippen LogP contribution in [0.4, 0.5) is 0 Å². The van der Waals surface area contributed by atoms with E-state index in [1.165, 1.54) is 11.3 Å². The molecule has 2 heterocycles. The first kappa shape index (κ1) is 6.07. The average molecular weight is 168 g/mol. The Morgan fingerprint density at radius 2 is 1.90 bits per heavy atom. The van der Waals surface area contributed by atoms with Crippen molar-refractivity contribution in [2.75, 3.05) is 0 Å². The van der Waals surface area contributed by atoms with E-state index >= 15 is 0 Å². The Hall–Kier alpha value is -0.670. The summed E-state index contributed by atoms with van der Waals surface area (Å²) in [4.78, 5) is 11.1. The molecule has 0 fully saturated rings. The molecule has 0 bridgehead atoms. The van der Waals surface area contributed by atoms with Gasteiger partial charge in [-0.15, -0.1) is 22.7 Å². The average Bonchev–Trinajstić information content (AvgIpc) is 2.36. The van der Waals surface area contributed by atoms with E-state index in [0.29, 0.717) is 0 Å². The Morgan fingerprint density at radius 3 is 2.70 bits per heavy atom. The largest absolute Gasteiger partial charge is 0.288 e. The van der Waals surface area contributed by atoms with Gasteiger partial charge in [0.05, 0.1) is 4.70 Å². The van der Waals surface area contributed by atoms with Crippen LogP contribution in [0.15, 0.2) is 27.7 Å². The van der Waals surface area contributed by atoms with Gasteiger partial charge in [-0.2, -0.15) is 0 Å². The molecule has 0 unspecified atom stereocenters. The van der Waals surface area contributed by atoms with Crippen molar-refractivity contribution in [3.63, 3.8) is 0 Å². The molecule has 0 radical (unpaired) electrons. The standard InChI is InChI=1S/C7H4OS2/c8-5-1-3-9-6-2-4-10-7(5)6/h1-4H. The highest BCUT2D eigenvalue weighted by Gasteiger charge is 1.96. The van der Waals surface area contributed by atoms with Gasteiger partial charge in [-0.1, -0.05) is 0 Å². The predicted octanol–water partition coefficient (Wildman–Crippen LogP) is 2.32. The molecule has 0 saturated carbocycles. The maximum Gasteiger partial charge on any atom is 0.197 e. The highest BCUT2D eigenvalue weighted by Crippen LogP contribution is 2.19. The van der Waals surface area contributed by atoms with Crippen LogP contribution in [0.25, 0.3) is 9.40 Å². The summed E-state index contributed by atoms with van der Waals surface area (Å²) in [6.07, 6.45) is 0. The molecule has 1 nitrogen and oxygen atoms in total. The summed E-state index contributed by atoms with van der Waals surface area (Å²) in [6, 6.07) is 3.59. The zero-order chi connectivity index (χ0) is 6.97. The predicted molar refractivity (Wildman–Crippen MR) is 46.0 cm³/mol. The first-order valence-corrected chi connectivity index (χ1v) is 4.59. The zero-order valence-corrected chi connectivity index (χ0v) is 6.67. The summed E-state index contributed by atoms with van der Waals surface area (Å²) in [6.45, 7) is 0. The maximum absolute atomic E-state index is 11.1. The van der Waals surface area contributed by atoms with Gasteiger partial charge in [0.25, 0.3) is 0 Å². The molecule has 10 heavy (non-hydrogen) atoms. The van der Waals surface area contributed by atoms with Gasteiger partial charge in [0.1, 0.15) is 0 Å². The molecular formula is C7H4OS2. The van der Waals surface area contributed by atoms with Crippen LogP contribution in [0.2, 0.25) is 0 Å². The number of thiophene rings is 1. The number of rotatable bonds is 0. The van der Waals surface area contributed by atoms with Gasteiger partial charge in [-0.05, 0) is 22.9 Å². The smallest absolute Gasteiger partial charge is 0.197 e. The highest BCUT2D eigenvalue weighted by molar-refractivity contribution is 7.24. The minimum atomic E-state index is 0.142. The number of fused-ring (bicyclic) bond motifs is 1. The molecule has 2 aromatic rings. The summed E-state index contributed by atoms with van der Waals surface area (Å²) in [5.74, 6) is 0. The quantitative estimate of drug-likeness (QED) is 0.590. The van der Waals surface area contributed by atoms with Crippen molar-refractivity contribution in [2.45, 2.75) is 0 Å². The fourth-order valence-electron chi connectivity index (χ4n) is 0.815. The number of hydrogen-bond donors (Lipinski definition) is 0. The zero-order valence-electron chi connectivity index (χ0n) is 5.03. The minimum absolute atomic E-state index is 0.142. The Labute approximate surface area is 65.6 Å². The molecular weight excluding hydrogens is 164 g/mol. The molecule has 3 heteroatoms. The van der Waals surface area contributed by atoms with Gasteiger partial charge in [-0.3, -0.25) is 4.79 Å². The summed E-state index contributed by atoms with van der Waals surface area (Å²) in [5, 5.41) is 3.78. The fraction of sp³-hybridized carbons (Fsp3) is 0. The van der Waals surface area contributed by atoms with E-state index in [1.807, 2.05) is 16.8 Å². The van der Waals surface area contributed by atoms with Crippen molar-refractivity contribution < 1.29 is 0 Å². The topological polar surface area (TPSA) is 17.1 Å². The van der Waals surface area contributed by atoms with Crippen LogP contribution in [0, 0.1) is 0 Å². The van der Waals surface area contributed by atoms with Crippen LogP contribution in [0.1, 0.15) is 0 Å². The second-order valence-electron chi connectivity index (χ2n) is 1.90. The lowest BCUT2D eigenvalue weighted by Crippen LogP contribution is -1.92. The van der Waals surface area contributed by atoms with E-state index in [0.717, 1.165) is 9.40 Å². The first-order chi connectivity index (χ1) is 4.88. The van der Waals surface area contributed by atoms with Crippen molar-refractivity contribution in [1.29, 1.82) is 0 Å². The molecule has 0 aromatic carbocycles. The number of hydrogen-bond acceptors (Lipinski definition) is 3. The van der Waals surface area contributed by atoms with E-state index < -0.39 is 0 Å². The first-order valence-electron chi connectivity index (χ1n) is 2.83. The third-order valence-corrected chi connectivity index (χ3v) is 3.19. The molecule has 0 aliphatic rings. The Balaban J connectivity index is 3.09. The Bertz CT molecular complexity index is 399. The maximum atomic E-state index is 11.1. The van der Waals surface area contributed by atoms with Crippen LogP contribution < -0.4 is 5.43 Å². The highest BCUT2D eigenvalue weighted by atomic mass is 32.1. The van der Waals surface area contributed by atoms with E-state index in [2.05, 4.69) is 0 Å². The van der Waals surface area contributed by atoms with Gasteiger partial charge < -0.3 is 0 Å². The molecule has 2 aromatic heterocycles. The minimum Gasteiger partial charge on any atom is -0.288 e. The third-order valence-electron chi connectivity index (χ3n) is 1.27. The van der Waals surface area contributed by atoms with Gasteiger partial charge in [0, 0.05) is 4.70 Å². The van der Waals surface area contributed by atoms with E-state index in [1.54, 1.807) is 17.4 Å². The summed E-state index contributed by atoms with van der Waals surface area (Å²) in [5.41, 5.74) is 0.142. The third kappa shape index (κ3) is 0.786. The molecule has 0 atom stereocenters. The van der Waals surface area contributed by atoms with E-state index in [-0.39, 0.29) is 5.43 Å². The molecule has 0 N–H and O–H groups in total. The summed E-state index contributed by atoms with van der Waals surface area (Å²) < 4.78 is 1.98. The van der Waals surface area contributed by atoms with Crippen molar-refractivity contribution in [1.82, 2.24) is 0 Å². The van der Waals surface area contributed by atoms with Crippen molar-refractivity contribution in [3.05, 3.63) is 33.1 Å². The second-order valence-corrected chi connectivity index (χ2v) is 3.76. The van der Waals surface area contributed by atoms with Crippen LogP contribution in [-0.2, 0) is 0 Å². The van der Waals surface area contributed by atoms with Crippen molar-refractivity contribution in [2.24, 2.45) is 0 Å². The molecule has 0 spiro atoms. The summed E-state index contributed by atoms with van der Waals surface area (Å²) in [7, 11) is 0. The molecule has 0 saturated heterocycles. The van der Waals surface area contributed by atoms with E-state index in [4.69, 9.17) is 0 Å². The Morgan fingerprint density at radius 1 is 1.10 bits per heavy atom. The van der Waals surface area contributed by atoms with Crippen LogP contribution in [0.5, 0.6) is 0 Å². The molecule has 0 aliphatic heterocycles. The second kappa shape index (κ2) is 2.18. The lowest BCUT2D eigenvalue weighted by atomic mass is 10.5. The van der Waals surface area contributed by atoms with Crippen LogP contribution >= 0.6 is 22.7 Å². The van der Waals surface area contributed by atoms with Crippen LogP contribution in [0.3, 0.4) is 0 Å². The van der Waals surface area contributed by atoms with Crippen molar-refractivity contribution in [3.8, 4) is 0 Å². The van der Waals surface area contributed by atoms with Gasteiger partial charge >= 0.3 is 0 Å². The molecule has 50 valence electrons. The normalized spacial score (nSPS) is 10.4. The molecule has 0 aliphatic carbocycles.